The number of fused-ring (bicyclic) bond motifs is 4. The zero-order valence-electron chi connectivity index (χ0n) is 14.3. The van der Waals surface area contributed by atoms with Gasteiger partial charge >= 0.3 is 5.69 Å². The topological polar surface area (TPSA) is 56.8 Å². The van der Waals surface area contributed by atoms with Crippen molar-refractivity contribution in [2.24, 2.45) is 0 Å². The Balaban J connectivity index is 1.37. The monoisotopic (exact) mass is 350 g/mol. The molecule has 2 N–H and O–H groups in total. The lowest BCUT2D eigenvalue weighted by molar-refractivity contribution is 0.242. The molecule has 0 radical (unpaired) electrons. The molecule has 3 heterocycles. The second kappa shape index (κ2) is 5.85. The number of nitrogens with zero attached hydrogens (tertiary/aromatic N) is 2. The van der Waals surface area contributed by atoms with Gasteiger partial charge in [0.15, 0.2) is 0 Å². The average molecular weight is 350 g/mol. The van der Waals surface area contributed by atoms with E-state index in [-0.39, 0.29) is 11.5 Å². The fourth-order valence-electron chi connectivity index (χ4n) is 4.04. The van der Waals surface area contributed by atoms with Crippen molar-refractivity contribution in [2.45, 2.75) is 19.5 Å². The predicted molar refractivity (Wildman–Crippen MR) is 99.8 cm³/mol. The van der Waals surface area contributed by atoms with Crippen molar-refractivity contribution in [3.8, 4) is 0 Å². The van der Waals surface area contributed by atoms with E-state index in [4.69, 9.17) is 0 Å². The van der Waals surface area contributed by atoms with Crippen LogP contribution in [0.5, 0.6) is 0 Å². The summed E-state index contributed by atoms with van der Waals surface area (Å²) >= 11 is 0. The number of aromatic nitrogens is 3. The number of H-pyrrole nitrogens is 2. The molecular formula is C20H19FN4O. The maximum Gasteiger partial charge on any atom is 0.326 e. The summed E-state index contributed by atoms with van der Waals surface area (Å²) in [6.07, 6.45) is 0.934. The van der Waals surface area contributed by atoms with E-state index in [1.807, 2.05) is 30.3 Å². The Morgan fingerprint density at radius 1 is 1.04 bits per heavy atom. The zero-order valence-corrected chi connectivity index (χ0v) is 14.3. The summed E-state index contributed by atoms with van der Waals surface area (Å²) < 4.78 is 15.3. The van der Waals surface area contributed by atoms with E-state index < -0.39 is 0 Å². The lowest BCUT2D eigenvalue weighted by Gasteiger charge is -2.27. The molecule has 1 aliphatic rings. The minimum Gasteiger partial charge on any atom is -0.357 e. The van der Waals surface area contributed by atoms with Gasteiger partial charge in [0.1, 0.15) is 5.82 Å². The lowest BCUT2D eigenvalue weighted by atomic mass is 10.0. The quantitative estimate of drug-likeness (QED) is 0.597. The van der Waals surface area contributed by atoms with Gasteiger partial charge in [-0.05, 0) is 42.3 Å². The van der Waals surface area contributed by atoms with Crippen LogP contribution in [0.4, 0.5) is 4.39 Å². The van der Waals surface area contributed by atoms with Crippen LogP contribution in [0.15, 0.2) is 47.3 Å². The highest BCUT2D eigenvalue weighted by Crippen LogP contribution is 2.28. The molecular weight excluding hydrogens is 331 g/mol. The summed E-state index contributed by atoms with van der Waals surface area (Å²) in [5.41, 5.74) is 5.06. The molecule has 6 heteroatoms. The van der Waals surface area contributed by atoms with E-state index in [1.54, 1.807) is 10.6 Å². The molecule has 0 spiro atoms. The number of nitrogens with one attached hydrogen (secondary N) is 2. The van der Waals surface area contributed by atoms with Gasteiger partial charge in [-0.3, -0.25) is 9.47 Å². The number of rotatable bonds is 3. The van der Waals surface area contributed by atoms with Crippen molar-refractivity contribution >= 4 is 21.9 Å². The van der Waals surface area contributed by atoms with Gasteiger partial charge in [0.2, 0.25) is 0 Å². The highest BCUT2D eigenvalue weighted by molar-refractivity contribution is 5.85. The first kappa shape index (κ1) is 15.4. The van der Waals surface area contributed by atoms with Crippen LogP contribution in [0.25, 0.3) is 21.9 Å². The van der Waals surface area contributed by atoms with Crippen molar-refractivity contribution < 1.29 is 4.39 Å². The molecule has 4 aromatic rings. The van der Waals surface area contributed by atoms with Crippen molar-refractivity contribution in [1.82, 2.24) is 19.4 Å². The van der Waals surface area contributed by atoms with Crippen molar-refractivity contribution in [2.75, 3.05) is 13.1 Å². The van der Waals surface area contributed by atoms with Crippen molar-refractivity contribution in [3.63, 3.8) is 0 Å². The molecule has 0 saturated heterocycles. The third-order valence-electron chi connectivity index (χ3n) is 5.34. The Morgan fingerprint density at radius 2 is 1.92 bits per heavy atom. The summed E-state index contributed by atoms with van der Waals surface area (Å²) in [7, 11) is 0. The van der Waals surface area contributed by atoms with E-state index in [0.717, 1.165) is 53.7 Å². The summed E-state index contributed by atoms with van der Waals surface area (Å²) in [6, 6.07) is 12.7. The Hall–Kier alpha value is -2.86. The Kier molecular flexibility index (Phi) is 3.46. The van der Waals surface area contributed by atoms with Crippen LogP contribution in [0.3, 0.4) is 0 Å². The minimum absolute atomic E-state index is 0.0648. The normalized spacial score (nSPS) is 15.0. The van der Waals surface area contributed by atoms with Crippen LogP contribution >= 0.6 is 0 Å². The fraction of sp³-hybridized carbons (Fsp3) is 0.250. The van der Waals surface area contributed by atoms with Crippen LogP contribution < -0.4 is 5.69 Å². The first-order valence-corrected chi connectivity index (χ1v) is 8.88. The summed E-state index contributed by atoms with van der Waals surface area (Å²) in [6.45, 7) is 3.18. The van der Waals surface area contributed by atoms with Gasteiger partial charge in [-0.25, -0.2) is 9.18 Å². The molecule has 0 fully saturated rings. The summed E-state index contributed by atoms with van der Waals surface area (Å²) in [5, 5.41) is 1.12. The van der Waals surface area contributed by atoms with Crippen LogP contribution in [0.1, 0.15) is 11.3 Å². The molecule has 0 unspecified atom stereocenters. The van der Waals surface area contributed by atoms with Gasteiger partial charge in [-0.2, -0.15) is 0 Å². The van der Waals surface area contributed by atoms with Crippen molar-refractivity contribution in [3.05, 3.63) is 70.0 Å². The first-order chi connectivity index (χ1) is 12.7. The smallest absolute Gasteiger partial charge is 0.326 e. The summed E-state index contributed by atoms with van der Waals surface area (Å²) in [5.74, 6) is -0.216. The molecule has 5 nitrogen and oxygen atoms in total. The molecule has 0 saturated carbocycles. The number of para-hydroxylation sites is 2. The maximum atomic E-state index is 13.5. The molecule has 1 aliphatic heterocycles. The maximum absolute atomic E-state index is 13.5. The number of halogens is 1. The second-order valence-electron chi connectivity index (χ2n) is 6.90. The largest absolute Gasteiger partial charge is 0.357 e. The number of benzene rings is 2. The molecule has 2 aromatic heterocycles. The fourth-order valence-corrected chi connectivity index (χ4v) is 4.04. The standard InChI is InChI=1S/C20H19FN4O/c21-13-5-6-14-15-7-8-24(12-18(15)22-17(14)11-13)9-10-25-19-4-2-1-3-16(19)23-20(25)26/h1-6,11,22H,7-10,12H2,(H,23,26). The van der Waals surface area contributed by atoms with E-state index in [1.165, 1.54) is 11.6 Å². The number of aromatic amines is 2. The first-order valence-electron chi connectivity index (χ1n) is 8.88. The molecule has 26 heavy (non-hydrogen) atoms. The molecule has 0 atom stereocenters. The van der Waals surface area contributed by atoms with Gasteiger partial charge in [0, 0.05) is 42.8 Å². The number of hydrogen-bond acceptors (Lipinski definition) is 2. The van der Waals surface area contributed by atoms with Gasteiger partial charge in [-0.15, -0.1) is 0 Å². The average Bonchev–Trinajstić information content (AvgIpc) is 3.15. The number of hydrogen-bond donors (Lipinski definition) is 2. The SMILES string of the molecule is O=c1[nH]c2ccccc2n1CCN1CCc2c([nH]c3cc(F)ccc23)C1. The molecule has 0 amide bonds. The van der Waals surface area contributed by atoms with Gasteiger partial charge in [0.05, 0.1) is 11.0 Å². The molecule has 0 aliphatic carbocycles. The van der Waals surface area contributed by atoms with Gasteiger partial charge < -0.3 is 9.97 Å². The van der Waals surface area contributed by atoms with Gasteiger partial charge in [0.25, 0.3) is 0 Å². The third kappa shape index (κ3) is 2.45. The summed E-state index contributed by atoms with van der Waals surface area (Å²) in [4.78, 5) is 20.8. The van der Waals surface area contributed by atoms with Crippen LogP contribution in [-0.2, 0) is 19.5 Å². The van der Waals surface area contributed by atoms with E-state index in [0.29, 0.717) is 6.54 Å². The second-order valence-corrected chi connectivity index (χ2v) is 6.90. The highest BCUT2D eigenvalue weighted by Gasteiger charge is 2.21. The third-order valence-corrected chi connectivity index (χ3v) is 5.34. The molecule has 132 valence electrons. The molecule has 0 bridgehead atoms. The van der Waals surface area contributed by atoms with Crippen LogP contribution in [0.2, 0.25) is 0 Å². The Labute approximate surface area is 149 Å². The molecule has 2 aromatic carbocycles. The van der Waals surface area contributed by atoms with Gasteiger partial charge in [-0.1, -0.05) is 12.1 Å². The Bertz CT molecular complexity index is 1170. The Morgan fingerprint density at radius 3 is 2.85 bits per heavy atom. The van der Waals surface area contributed by atoms with Crippen molar-refractivity contribution in [1.29, 1.82) is 0 Å². The number of imidazole rings is 1. The predicted octanol–water partition coefficient (Wildman–Crippen LogP) is 3.01. The van der Waals surface area contributed by atoms with Crippen LogP contribution in [0, 0.1) is 5.82 Å². The molecule has 5 rings (SSSR count). The van der Waals surface area contributed by atoms with E-state index in [9.17, 15) is 9.18 Å². The lowest BCUT2D eigenvalue weighted by Crippen LogP contribution is -2.34. The van der Waals surface area contributed by atoms with E-state index >= 15 is 0 Å². The van der Waals surface area contributed by atoms with E-state index in [2.05, 4.69) is 14.9 Å². The van der Waals surface area contributed by atoms with Crippen LogP contribution in [-0.4, -0.2) is 32.5 Å². The minimum atomic E-state index is -0.216. The highest BCUT2D eigenvalue weighted by atomic mass is 19.1. The zero-order chi connectivity index (χ0) is 17.7.